The zero-order chi connectivity index (χ0) is 9.14. The van der Waals surface area contributed by atoms with Gasteiger partial charge in [-0.1, -0.05) is 0 Å². The highest BCUT2D eigenvalue weighted by atomic mass is 16.6. The molecule has 0 aromatic heterocycles. The van der Waals surface area contributed by atoms with Gasteiger partial charge in [-0.25, -0.2) is 9.59 Å². The fraction of sp³-hybridized carbons (Fsp3) is 0.667. The van der Waals surface area contributed by atoms with Crippen LogP contribution in [0.1, 0.15) is 0 Å². The Morgan fingerprint density at radius 1 is 1.00 bits per heavy atom. The van der Waals surface area contributed by atoms with Crippen LogP contribution in [0.5, 0.6) is 0 Å². The van der Waals surface area contributed by atoms with Gasteiger partial charge in [0.15, 0.2) is 12.2 Å². The van der Waals surface area contributed by atoms with Crippen molar-refractivity contribution in [3.8, 4) is 0 Å². The Hall–Kier alpha value is -1.14. The molecule has 0 spiro atoms. The first-order valence-electron chi connectivity index (χ1n) is 3.30. The Kier molecular flexibility index (Phi) is 2.61. The molecule has 0 aromatic rings. The van der Waals surface area contributed by atoms with Crippen molar-refractivity contribution >= 4 is 11.9 Å². The lowest BCUT2D eigenvalue weighted by atomic mass is 10.5. The van der Waals surface area contributed by atoms with Crippen molar-refractivity contribution in [2.24, 2.45) is 0 Å². The molecule has 6 heteroatoms. The van der Waals surface area contributed by atoms with Gasteiger partial charge in [-0.15, -0.1) is 0 Å². The number of epoxide rings is 2. The average Bonchev–Trinajstić information content (AvgIpc) is 2.85. The molecule has 2 fully saturated rings. The first-order valence-corrected chi connectivity index (χ1v) is 3.30. The van der Waals surface area contributed by atoms with E-state index in [1.54, 1.807) is 0 Å². The Bertz CT molecular complexity index is 170. The number of carbonyl (C=O) groups is 2. The summed E-state index contributed by atoms with van der Waals surface area (Å²) in [7, 11) is 0. The molecule has 2 heterocycles. The van der Waals surface area contributed by atoms with E-state index in [1.165, 1.54) is 0 Å². The van der Waals surface area contributed by atoms with Gasteiger partial charge in [0.2, 0.25) is 0 Å². The summed E-state index contributed by atoms with van der Waals surface area (Å²) in [5.41, 5.74) is 0. The molecule has 0 aromatic carbocycles. The third-order valence-corrected chi connectivity index (χ3v) is 1.22. The van der Waals surface area contributed by atoms with Crippen LogP contribution in [0.25, 0.3) is 0 Å². The molecule has 0 amide bonds. The van der Waals surface area contributed by atoms with E-state index in [-0.39, 0.29) is 0 Å². The number of carboxylic acid groups (broad SMARTS) is 2. The van der Waals surface area contributed by atoms with E-state index in [1.807, 2.05) is 0 Å². The highest BCUT2D eigenvalue weighted by Crippen LogP contribution is 2.07. The monoisotopic (exact) mass is 176 g/mol. The summed E-state index contributed by atoms with van der Waals surface area (Å²) in [4.78, 5) is 19.3. The van der Waals surface area contributed by atoms with Crippen LogP contribution < -0.4 is 0 Å². The number of carboxylic acids is 2. The van der Waals surface area contributed by atoms with Crippen LogP contribution in [0.3, 0.4) is 0 Å². The second kappa shape index (κ2) is 3.51. The van der Waals surface area contributed by atoms with Crippen molar-refractivity contribution in [2.75, 3.05) is 13.2 Å². The third-order valence-electron chi connectivity index (χ3n) is 1.22. The molecule has 12 heavy (non-hydrogen) atoms. The largest absolute Gasteiger partial charge is 0.479 e. The minimum atomic E-state index is -0.852. The Morgan fingerprint density at radius 2 is 1.25 bits per heavy atom. The molecule has 68 valence electrons. The molecule has 2 atom stereocenters. The SMILES string of the molecule is O=C(O)C1CO1.O=C(O)C1CO1. The summed E-state index contributed by atoms with van der Waals surface area (Å²) in [5, 5.41) is 15.9. The first-order chi connectivity index (χ1) is 5.61. The average molecular weight is 176 g/mol. The van der Waals surface area contributed by atoms with Gasteiger partial charge in [0.25, 0.3) is 0 Å². The normalized spacial score (nSPS) is 29.7. The molecule has 2 saturated heterocycles. The zero-order valence-corrected chi connectivity index (χ0v) is 6.10. The van der Waals surface area contributed by atoms with Crippen molar-refractivity contribution < 1.29 is 29.3 Å². The van der Waals surface area contributed by atoms with E-state index >= 15 is 0 Å². The first kappa shape index (κ1) is 8.95. The van der Waals surface area contributed by atoms with Crippen LogP contribution in [0.4, 0.5) is 0 Å². The van der Waals surface area contributed by atoms with Gasteiger partial charge in [0.05, 0.1) is 13.2 Å². The predicted octanol–water partition coefficient (Wildman–Crippen LogP) is -1.06. The van der Waals surface area contributed by atoms with Crippen molar-refractivity contribution in [1.82, 2.24) is 0 Å². The predicted molar refractivity (Wildman–Crippen MR) is 34.8 cm³/mol. The standard InChI is InChI=1S/2C3H4O3/c2*4-3(5)2-1-6-2/h2*2H,1H2,(H,4,5). The third kappa shape index (κ3) is 3.31. The summed E-state index contributed by atoms with van der Waals surface area (Å²) in [6.07, 6.45) is -0.963. The molecule has 0 bridgehead atoms. The van der Waals surface area contributed by atoms with Crippen molar-refractivity contribution in [3.63, 3.8) is 0 Å². The van der Waals surface area contributed by atoms with E-state index in [4.69, 9.17) is 10.2 Å². The topological polar surface area (TPSA) is 99.7 Å². The maximum atomic E-state index is 9.64. The van der Waals surface area contributed by atoms with Crippen LogP contribution in [0.15, 0.2) is 0 Å². The fourth-order valence-corrected chi connectivity index (χ4v) is 0.381. The van der Waals surface area contributed by atoms with Gasteiger partial charge in [-0.3, -0.25) is 0 Å². The lowest BCUT2D eigenvalue weighted by Gasteiger charge is -1.72. The van der Waals surface area contributed by atoms with Crippen molar-refractivity contribution in [1.29, 1.82) is 0 Å². The number of rotatable bonds is 2. The Morgan fingerprint density at radius 3 is 1.25 bits per heavy atom. The molecule has 2 unspecified atom stereocenters. The van der Waals surface area contributed by atoms with Gasteiger partial charge in [0.1, 0.15) is 0 Å². The van der Waals surface area contributed by atoms with Crippen molar-refractivity contribution in [3.05, 3.63) is 0 Å². The van der Waals surface area contributed by atoms with Gasteiger partial charge >= 0.3 is 11.9 Å². The minimum Gasteiger partial charge on any atom is -0.479 e. The molecule has 6 nitrogen and oxygen atoms in total. The lowest BCUT2D eigenvalue weighted by molar-refractivity contribution is -0.139. The number of hydrogen-bond donors (Lipinski definition) is 2. The molecule has 0 aliphatic carbocycles. The van der Waals surface area contributed by atoms with Gasteiger partial charge in [-0.05, 0) is 0 Å². The number of ether oxygens (including phenoxy) is 2. The lowest BCUT2D eigenvalue weighted by Crippen LogP contribution is -2.02. The summed E-state index contributed by atoms with van der Waals surface area (Å²) >= 11 is 0. The van der Waals surface area contributed by atoms with Gasteiger partial charge in [-0.2, -0.15) is 0 Å². The Labute approximate surface area is 67.7 Å². The van der Waals surface area contributed by atoms with E-state index < -0.39 is 24.1 Å². The molecular weight excluding hydrogens is 168 g/mol. The second-order valence-corrected chi connectivity index (χ2v) is 2.32. The summed E-state index contributed by atoms with van der Waals surface area (Å²) < 4.78 is 8.74. The molecule has 2 N–H and O–H groups in total. The van der Waals surface area contributed by atoms with E-state index in [0.717, 1.165) is 0 Å². The van der Waals surface area contributed by atoms with E-state index in [0.29, 0.717) is 13.2 Å². The van der Waals surface area contributed by atoms with Crippen LogP contribution in [0, 0.1) is 0 Å². The highest BCUT2D eigenvalue weighted by Gasteiger charge is 2.30. The van der Waals surface area contributed by atoms with Crippen LogP contribution in [-0.2, 0) is 19.1 Å². The zero-order valence-electron chi connectivity index (χ0n) is 6.10. The molecule has 2 aliphatic rings. The maximum Gasteiger partial charge on any atom is 0.335 e. The van der Waals surface area contributed by atoms with Crippen LogP contribution in [0.2, 0.25) is 0 Å². The smallest absolute Gasteiger partial charge is 0.335 e. The molecular formula is C6H8O6. The van der Waals surface area contributed by atoms with E-state index in [2.05, 4.69) is 9.47 Å². The quantitative estimate of drug-likeness (QED) is 0.520. The number of hydrogen-bond acceptors (Lipinski definition) is 4. The minimum absolute atomic E-state index is 0.398. The van der Waals surface area contributed by atoms with Gasteiger partial charge in [0, 0.05) is 0 Å². The van der Waals surface area contributed by atoms with Gasteiger partial charge < -0.3 is 19.7 Å². The summed E-state index contributed by atoms with van der Waals surface area (Å²) in [6, 6.07) is 0. The summed E-state index contributed by atoms with van der Waals surface area (Å²) in [6.45, 7) is 0.796. The molecule has 2 rings (SSSR count). The van der Waals surface area contributed by atoms with Crippen LogP contribution >= 0.6 is 0 Å². The second-order valence-electron chi connectivity index (χ2n) is 2.32. The van der Waals surface area contributed by atoms with Crippen LogP contribution in [-0.4, -0.2) is 47.6 Å². The molecule has 2 aliphatic heterocycles. The maximum absolute atomic E-state index is 9.64. The number of aliphatic carboxylic acids is 2. The highest BCUT2D eigenvalue weighted by molar-refractivity contribution is 5.74. The fourth-order valence-electron chi connectivity index (χ4n) is 0.381. The summed E-state index contributed by atoms with van der Waals surface area (Å²) in [5.74, 6) is -1.70. The van der Waals surface area contributed by atoms with E-state index in [9.17, 15) is 9.59 Å². The molecule has 0 saturated carbocycles. The molecule has 0 radical (unpaired) electrons. The van der Waals surface area contributed by atoms with Crippen molar-refractivity contribution in [2.45, 2.75) is 12.2 Å². The Balaban J connectivity index is 0.000000120.